The predicted molar refractivity (Wildman–Crippen MR) is 76.9 cm³/mol. The number of hydrogen-bond donors (Lipinski definition) is 2. The minimum atomic E-state index is -3.66. The van der Waals surface area contributed by atoms with E-state index in [4.69, 9.17) is 4.42 Å². The Morgan fingerprint density at radius 1 is 1.37 bits per heavy atom. The largest absolute Gasteiger partial charge is 0.465 e. The first kappa shape index (κ1) is 16.6. The molecule has 0 saturated heterocycles. The van der Waals surface area contributed by atoms with E-state index in [0.29, 0.717) is 17.1 Å². The van der Waals surface area contributed by atoms with Crippen LogP contribution >= 0.6 is 11.8 Å². The molecular formula is C12H21NO4S2. The highest BCUT2D eigenvalue weighted by Crippen LogP contribution is 2.26. The van der Waals surface area contributed by atoms with Gasteiger partial charge in [0.1, 0.15) is 16.4 Å². The molecule has 7 heteroatoms. The molecule has 0 aliphatic heterocycles. The van der Waals surface area contributed by atoms with Gasteiger partial charge in [0.15, 0.2) is 0 Å². The van der Waals surface area contributed by atoms with Crippen LogP contribution in [0.25, 0.3) is 0 Å². The maximum Gasteiger partial charge on any atom is 0.244 e. The fraction of sp³-hybridized carbons (Fsp3) is 0.667. The van der Waals surface area contributed by atoms with E-state index in [1.165, 1.54) is 0 Å². The third-order valence-electron chi connectivity index (χ3n) is 2.86. The SMILES string of the molecule is CSCCC(C)NS(=O)(=O)c1c(C)oc(C)c1CO. The van der Waals surface area contributed by atoms with E-state index in [9.17, 15) is 13.5 Å². The van der Waals surface area contributed by atoms with E-state index < -0.39 is 10.0 Å². The van der Waals surface area contributed by atoms with Crippen LogP contribution in [0.3, 0.4) is 0 Å². The molecule has 1 atom stereocenters. The lowest BCUT2D eigenvalue weighted by Crippen LogP contribution is -2.33. The number of aliphatic hydroxyl groups is 1. The predicted octanol–water partition coefficient (Wildman–Crippen LogP) is 1.81. The van der Waals surface area contributed by atoms with Gasteiger partial charge in [-0.1, -0.05) is 0 Å². The molecule has 0 fully saturated rings. The van der Waals surface area contributed by atoms with Crippen LogP contribution < -0.4 is 4.72 Å². The molecule has 1 heterocycles. The van der Waals surface area contributed by atoms with Crippen molar-refractivity contribution in [3.63, 3.8) is 0 Å². The maximum absolute atomic E-state index is 12.3. The molecule has 0 bridgehead atoms. The van der Waals surface area contributed by atoms with Crippen LogP contribution in [0.5, 0.6) is 0 Å². The highest BCUT2D eigenvalue weighted by molar-refractivity contribution is 7.98. The molecule has 19 heavy (non-hydrogen) atoms. The van der Waals surface area contributed by atoms with Crippen LogP contribution in [-0.2, 0) is 16.6 Å². The minimum absolute atomic E-state index is 0.0727. The Bertz CT molecular complexity index is 522. The number of furan rings is 1. The zero-order valence-electron chi connectivity index (χ0n) is 11.7. The standard InChI is InChI=1S/C12H21NO4S2/c1-8(5-6-18-4)13-19(15,16)12-10(3)17-9(2)11(12)7-14/h8,13-14H,5-7H2,1-4H3. The molecule has 1 aromatic rings. The lowest BCUT2D eigenvalue weighted by Gasteiger charge is -2.14. The smallest absolute Gasteiger partial charge is 0.244 e. The molecule has 0 aliphatic rings. The molecular weight excluding hydrogens is 286 g/mol. The van der Waals surface area contributed by atoms with Gasteiger partial charge in [-0.05, 0) is 39.2 Å². The monoisotopic (exact) mass is 307 g/mol. The van der Waals surface area contributed by atoms with Gasteiger partial charge < -0.3 is 9.52 Å². The average molecular weight is 307 g/mol. The normalized spacial score (nSPS) is 13.7. The van der Waals surface area contributed by atoms with Gasteiger partial charge >= 0.3 is 0 Å². The summed E-state index contributed by atoms with van der Waals surface area (Å²) < 4.78 is 32.6. The minimum Gasteiger partial charge on any atom is -0.465 e. The molecule has 110 valence electrons. The number of hydrogen-bond acceptors (Lipinski definition) is 5. The summed E-state index contributed by atoms with van der Waals surface area (Å²) in [6.45, 7) is 4.72. The summed E-state index contributed by atoms with van der Waals surface area (Å²) in [6.07, 6.45) is 2.74. The Morgan fingerprint density at radius 2 is 2.00 bits per heavy atom. The van der Waals surface area contributed by atoms with Crippen LogP contribution in [0.1, 0.15) is 30.4 Å². The third kappa shape index (κ3) is 3.98. The van der Waals surface area contributed by atoms with E-state index in [1.54, 1.807) is 25.6 Å². The van der Waals surface area contributed by atoms with Crippen molar-refractivity contribution in [3.05, 3.63) is 17.1 Å². The number of sulfonamides is 1. The molecule has 1 unspecified atom stereocenters. The van der Waals surface area contributed by atoms with Crippen molar-refractivity contribution < 1.29 is 17.9 Å². The van der Waals surface area contributed by atoms with Gasteiger partial charge in [-0.3, -0.25) is 0 Å². The summed E-state index contributed by atoms with van der Waals surface area (Å²) in [5.74, 6) is 1.64. The van der Waals surface area contributed by atoms with E-state index >= 15 is 0 Å². The Morgan fingerprint density at radius 3 is 2.53 bits per heavy atom. The lowest BCUT2D eigenvalue weighted by atomic mass is 10.2. The Labute approximate surface area is 118 Å². The topological polar surface area (TPSA) is 79.5 Å². The fourth-order valence-corrected chi connectivity index (χ4v) is 4.23. The molecule has 0 aromatic carbocycles. The highest BCUT2D eigenvalue weighted by atomic mass is 32.2. The quantitative estimate of drug-likeness (QED) is 0.803. The number of aryl methyl sites for hydroxylation is 2. The summed E-state index contributed by atoms with van der Waals surface area (Å²) in [4.78, 5) is 0.0727. The van der Waals surface area contributed by atoms with Crippen LogP contribution in [-0.4, -0.2) is 31.6 Å². The first-order valence-electron chi connectivity index (χ1n) is 6.04. The number of nitrogens with one attached hydrogen (secondary N) is 1. The second kappa shape index (κ2) is 6.78. The van der Waals surface area contributed by atoms with E-state index in [-0.39, 0.29) is 17.5 Å². The Kier molecular flexibility index (Phi) is 5.91. The van der Waals surface area contributed by atoms with Crippen molar-refractivity contribution in [2.24, 2.45) is 0 Å². The molecule has 0 saturated carbocycles. The third-order valence-corrected chi connectivity index (χ3v) is 5.29. The van der Waals surface area contributed by atoms with Crippen molar-refractivity contribution >= 4 is 21.8 Å². The van der Waals surface area contributed by atoms with E-state index in [2.05, 4.69) is 4.72 Å². The van der Waals surface area contributed by atoms with Crippen LogP contribution in [0, 0.1) is 13.8 Å². The van der Waals surface area contributed by atoms with Gasteiger partial charge in [-0.25, -0.2) is 13.1 Å². The summed E-state index contributed by atoms with van der Waals surface area (Å²) in [5.41, 5.74) is 0.335. The molecule has 1 rings (SSSR count). The van der Waals surface area contributed by atoms with Crippen LogP contribution in [0.15, 0.2) is 9.31 Å². The molecule has 0 spiro atoms. The van der Waals surface area contributed by atoms with Gasteiger partial charge in [0.25, 0.3) is 0 Å². The molecule has 5 nitrogen and oxygen atoms in total. The highest BCUT2D eigenvalue weighted by Gasteiger charge is 2.27. The van der Waals surface area contributed by atoms with Crippen molar-refractivity contribution in [2.75, 3.05) is 12.0 Å². The molecule has 0 radical (unpaired) electrons. The van der Waals surface area contributed by atoms with E-state index in [0.717, 1.165) is 12.2 Å². The first-order valence-corrected chi connectivity index (χ1v) is 8.92. The second-order valence-corrected chi connectivity index (χ2v) is 7.12. The molecule has 0 aliphatic carbocycles. The Hall–Kier alpha value is -0.500. The van der Waals surface area contributed by atoms with Crippen molar-refractivity contribution in [2.45, 2.75) is 44.7 Å². The fourth-order valence-electron chi connectivity index (χ4n) is 1.92. The first-order chi connectivity index (χ1) is 8.83. The number of rotatable bonds is 7. The van der Waals surface area contributed by atoms with Gasteiger partial charge in [0, 0.05) is 11.6 Å². The van der Waals surface area contributed by atoms with Gasteiger partial charge in [-0.2, -0.15) is 11.8 Å². The zero-order valence-corrected chi connectivity index (χ0v) is 13.3. The lowest BCUT2D eigenvalue weighted by molar-refractivity contribution is 0.276. The molecule has 0 amide bonds. The maximum atomic E-state index is 12.3. The van der Waals surface area contributed by atoms with Gasteiger partial charge in [-0.15, -0.1) is 0 Å². The zero-order chi connectivity index (χ0) is 14.6. The molecule has 1 aromatic heterocycles. The second-order valence-electron chi connectivity index (χ2n) is 4.48. The summed E-state index contributed by atoms with van der Waals surface area (Å²) in [7, 11) is -3.66. The Balaban J connectivity index is 3.01. The van der Waals surface area contributed by atoms with Crippen molar-refractivity contribution in [1.29, 1.82) is 0 Å². The van der Waals surface area contributed by atoms with Gasteiger partial charge in [0.05, 0.1) is 6.61 Å². The van der Waals surface area contributed by atoms with Crippen molar-refractivity contribution in [3.8, 4) is 0 Å². The van der Waals surface area contributed by atoms with Gasteiger partial charge in [0.2, 0.25) is 10.0 Å². The number of thioether (sulfide) groups is 1. The number of aliphatic hydroxyl groups excluding tert-OH is 1. The summed E-state index contributed by atoms with van der Waals surface area (Å²) in [5, 5.41) is 9.30. The van der Waals surface area contributed by atoms with Crippen LogP contribution in [0.4, 0.5) is 0 Å². The van der Waals surface area contributed by atoms with Crippen molar-refractivity contribution in [1.82, 2.24) is 4.72 Å². The molecule has 2 N–H and O–H groups in total. The summed E-state index contributed by atoms with van der Waals surface area (Å²) in [6, 6.07) is -0.154. The average Bonchev–Trinajstić information content (AvgIpc) is 2.60. The summed E-state index contributed by atoms with van der Waals surface area (Å²) >= 11 is 1.67. The van der Waals surface area contributed by atoms with E-state index in [1.807, 2.05) is 13.2 Å². The van der Waals surface area contributed by atoms with Crippen LogP contribution in [0.2, 0.25) is 0 Å².